The highest BCUT2D eigenvalue weighted by atomic mass is 16.6. The van der Waals surface area contributed by atoms with E-state index in [0.717, 1.165) is 18.4 Å². The van der Waals surface area contributed by atoms with Crippen LogP contribution < -0.4 is 20.5 Å². The lowest BCUT2D eigenvalue weighted by Gasteiger charge is -2.32. The molecule has 1 aromatic carbocycles. The average molecular weight is 622 g/mol. The molecule has 4 atom stereocenters. The van der Waals surface area contributed by atoms with Crippen LogP contribution in [0.15, 0.2) is 18.2 Å². The van der Waals surface area contributed by atoms with Crippen LogP contribution in [0.3, 0.4) is 0 Å². The number of nitrogens with one attached hydrogen (secondary N) is 1. The minimum Gasteiger partial charge on any atom is -0.493 e. The number of methoxy groups -OCH3 is 3. The average Bonchev–Trinajstić information content (AvgIpc) is 3.37. The van der Waals surface area contributed by atoms with Crippen LogP contribution in [0, 0.1) is 29.1 Å². The minimum atomic E-state index is -0.869. The first-order valence-electron chi connectivity index (χ1n) is 15.6. The molecule has 3 amide bonds. The van der Waals surface area contributed by atoms with Crippen LogP contribution in [-0.2, 0) is 30.2 Å². The van der Waals surface area contributed by atoms with Crippen LogP contribution in [0.25, 0.3) is 0 Å². The van der Waals surface area contributed by atoms with Crippen molar-refractivity contribution in [3.05, 3.63) is 23.8 Å². The Morgan fingerprint density at radius 3 is 2.32 bits per heavy atom. The van der Waals surface area contributed by atoms with Crippen molar-refractivity contribution in [2.24, 2.45) is 34.8 Å². The van der Waals surface area contributed by atoms with Gasteiger partial charge >= 0.3 is 6.09 Å². The van der Waals surface area contributed by atoms with Crippen LogP contribution in [0.1, 0.15) is 66.4 Å². The zero-order chi connectivity index (χ0) is 33.0. The third-order valence-corrected chi connectivity index (χ3v) is 8.63. The van der Waals surface area contributed by atoms with E-state index in [0.29, 0.717) is 43.5 Å². The van der Waals surface area contributed by atoms with Crippen molar-refractivity contribution in [2.75, 3.05) is 47.8 Å². The van der Waals surface area contributed by atoms with Crippen molar-refractivity contribution in [3.63, 3.8) is 0 Å². The quantitative estimate of drug-likeness (QED) is 0.230. The van der Waals surface area contributed by atoms with Gasteiger partial charge in [0.05, 0.1) is 38.4 Å². The predicted octanol–water partition coefficient (Wildman–Crippen LogP) is 4.40. The molecular weight excluding hydrogens is 566 g/mol. The highest BCUT2D eigenvalue weighted by Gasteiger charge is 2.43. The van der Waals surface area contributed by atoms with Crippen LogP contribution in [0.4, 0.5) is 4.79 Å². The van der Waals surface area contributed by atoms with Gasteiger partial charge in [-0.2, -0.15) is 0 Å². The Hall–Kier alpha value is -3.05. The summed E-state index contributed by atoms with van der Waals surface area (Å²) in [6.07, 6.45) is 1.78. The number of carbonyl (C=O) groups excluding carboxylic acids is 3. The number of carbonyl (C=O) groups is 3. The first-order valence-corrected chi connectivity index (χ1v) is 15.6. The molecule has 250 valence electrons. The Labute approximate surface area is 263 Å². The van der Waals surface area contributed by atoms with Gasteiger partial charge in [0.2, 0.25) is 11.8 Å². The van der Waals surface area contributed by atoms with Crippen LogP contribution >= 0.6 is 0 Å². The summed E-state index contributed by atoms with van der Waals surface area (Å²) in [4.78, 5) is 39.6. The Balaban J connectivity index is 2.27. The van der Waals surface area contributed by atoms with Gasteiger partial charge < -0.3 is 34.7 Å². The molecule has 1 saturated heterocycles. The molecule has 1 aliphatic rings. The number of ether oxygens (including phenoxy) is 5. The molecule has 3 N–H and O–H groups in total. The van der Waals surface area contributed by atoms with E-state index in [1.807, 2.05) is 32.0 Å². The monoisotopic (exact) mass is 621 g/mol. The zero-order valence-corrected chi connectivity index (χ0v) is 28.1. The van der Waals surface area contributed by atoms with Crippen molar-refractivity contribution in [1.29, 1.82) is 0 Å². The molecule has 44 heavy (non-hydrogen) atoms. The van der Waals surface area contributed by atoms with Gasteiger partial charge in [0.15, 0.2) is 11.5 Å². The third-order valence-electron chi connectivity index (χ3n) is 8.63. The van der Waals surface area contributed by atoms with Gasteiger partial charge in [-0.15, -0.1) is 0 Å². The Morgan fingerprint density at radius 2 is 1.75 bits per heavy atom. The molecular formula is C33H55N3O8. The maximum absolute atomic E-state index is 13.3. The molecule has 0 spiro atoms. The second-order valence-corrected chi connectivity index (χ2v) is 13.0. The molecule has 1 fully saturated rings. The predicted molar refractivity (Wildman–Crippen MR) is 168 cm³/mol. The molecule has 1 aromatic rings. The standard InChI is InChI=1S/C33H55N3O8/c1-21(2)24(15-23-11-12-27(41-8)29(16-23)43-14-10-13-40-7)17-26-28(44-20-36(26)32(39)42-9)18-25(22(3)4)30(37)35-19-33(5,6)31(34)38/h11-12,16,21-22,24-26,28H,10,13-15,17-20H2,1-9H3,(H2,34,38)(H,35,37)/t24-,25-,26-,28-/m0/s1. The summed E-state index contributed by atoms with van der Waals surface area (Å²) in [6, 6.07) is 5.71. The van der Waals surface area contributed by atoms with Crippen molar-refractivity contribution in [2.45, 2.75) is 79.4 Å². The van der Waals surface area contributed by atoms with E-state index in [2.05, 4.69) is 19.2 Å². The van der Waals surface area contributed by atoms with Gasteiger partial charge in [-0.05, 0) is 68.6 Å². The number of benzene rings is 1. The van der Waals surface area contributed by atoms with Gasteiger partial charge in [-0.3, -0.25) is 14.5 Å². The number of primary amides is 1. The van der Waals surface area contributed by atoms with E-state index in [1.165, 1.54) is 7.11 Å². The molecule has 0 unspecified atom stereocenters. The summed E-state index contributed by atoms with van der Waals surface area (Å²) in [5, 5.41) is 2.92. The van der Waals surface area contributed by atoms with Gasteiger partial charge in [0.25, 0.3) is 0 Å². The fourth-order valence-electron chi connectivity index (χ4n) is 5.40. The van der Waals surface area contributed by atoms with Gasteiger partial charge in [0.1, 0.15) is 6.73 Å². The van der Waals surface area contributed by atoms with E-state index in [9.17, 15) is 14.4 Å². The summed E-state index contributed by atoms with van der Waals surface area (Å²) in [7, 11) is 4.65. The molecule has 0 saturated carbocycles. The lowest BCUT2D eigenvalue weighted by atomic mass is 9.80. The van der Waals surface area contributed by atoms with E-state index in [-0.39, 0.29) is 49.1 Å². The summed E-state index contributed by atoms with van der Waals surface area (Å²) in [6.45, 7) is 13.1. The molecule has 1 heterocycles. The number of rotatable bonds is 18. The molecule has 0 aromatic heterocycles. The highest BCUT2D eigenvalue weighted by Crippen LogP contribution is 2.35. The smallest absolute Gasteiger partial charge is 0.411 e. The van der Waals surface area contributed by atoms with Crippen molar-refractivity contribution < 1.29 is 38.1 Å². The Bertz CT molecular complexity index is 1080. The van der Waals surface area contributed by atoms with Crippen LogP contribution in [-0.4, -0.2) is 82.8 Å². The van der Waals surface area contributed by atoms with E-state index >= 15 is 0 Å². The summed E-state index contributed by atoms with van der Waals surface area (Å²) in [5.74, 6) is 0.819. The topological polar surface area (TPSA) is 139 Å². The van der Waals surface area contributed by atoms with Gasteiger partial charge in [-0.1, -0.05) is 33.8 Å². The summed E-state index contributed by atoms with van der Waals surface area (Å²) < 4.78 is 28.0. The number of hydrogen-bond acceptors (Lipinski definition) is 8. The normalized spacial score (nSPS) is 18.3. The Morgan fingerprint density at radius 1 is 1.05 bits per heavy atom. The first-order chi connectivity index (χ1) is 20.7. The highest BCUT2D eigenvalue weighted by molar-refractivity contribution is 5.83. The van der Waals surface area contributed by atoms with E-state index in [1.54, 1.807) is 33.0 Å². The molecule has 0 radical (unpaired) electrons. The number of hydrogen-bond donors (Lipinski definition) is 2. The number of nitrogens with two attached hydrogens (primary N) is 1. The second kappa shape index (κ2) is 17.4. The van der Waals surface area contributed by atoms with Crippen LogP contribution in [0.2, 0.25) is 0 Å². The van der Waals surface area contributed by atoms with Crippen LogP contribution in [0.5, 0.6) is 11.5 Å². The van der Waals surface area contributed by atoms with Crippen molar-refractivity contribution in [1.82, 2.24) is 10.2 Å². The van der Waals surface area contributed by atoms with Gasteiger partial charge in [0, 0.05) is 32.6 Å². The Kier molecular flexibility index (Phi) is 14.7. The zero-order valence-electron chi connectivity index (χ0n) is 28.1. The fraction of sp³-hybridized carbons (Fsp3) is 0.727. The molecule has 2 rings (SSSR count). The third kappa shape index (κ3) is 10.5. The molecule has 0 aliphatic carbocycles. The lowest BCUT2D eigenvalue weighted by Crippen LogP contribution is -2.46. The maximum Gasteiger partial charge on any atom is 0.411 e. The molecule has 11 heteroatoms. The second-order valence-electron chi connectivity index (χ2n) is 13.0. The number of nitrogens with zero attached hydrogens (tertiary/aromatic N) is 1. The summed E-state index contributed by atoms with van der Waals surface area (Å²) in [5.41, 5.74) is 5.73. The largest absolute Gasteiger partial charge is 0.493 e. The summed E-state index contributed by atoms with van der Waals surface area (Å²) >= 11 is 0. The lowest BCUT2D eigenvalue weighted by molar-refractivity contribution is -0.130. The van der Waals surface area contributed by atoms with Crippen molar-refractivity contribution in [3.8, 4) is 11.5 Å². The fourth-order valence-corrected chi connectivity index (χ4v) is 5.40. The SMILES string of the molecule is COCCCOc1cc(C[C@@H](C[C@H]2[C@H](C[C@H](C(=O)NCC(C)(C)C(N)=O)C(C)C)OCN2C(=O)OC)C(C)C)ccc1OC. The first kappa shape index (κ1) is 37.1. The molecule has 11 nitrogen and oxygen atoms in total. The minimum absolute atomic E-state index is 0.00521. The molecule has 0 bridgehead atoms. The van der Waals surface area contributed by atoms with Gasteiger partial charge in [-0.25, -0.2) is 4.79 Å². The maximum atomic E-state index is 13.3. The van der Waals surface area contributed by atoms with Crippen molar-refractivity contribution >= 4 is 17.9 Å². The molecule has 1 aliphatic heterocycles. The van der Waals surface area contributed by atoms with E-state index in [4.69, 9.17) is 29.4 Å². The van der Waals surface area contributed by atoms with E-state index < -0.39 is 17.4 Å². The number of amides is 3.